The number of likely N-dealkylation sites (N-methyl/N-ethyl adjacent to an activating group) is 1. The molecule has 4 rings (SSSR count). The molecule has 0 unspecified atom stereocenters. The number of carbonyl (C=O) groups excluding carboxylic acids is 2. The second kappa shape index (κ2) is 9.84. The van der Waals surface area contributed by atoms with Gasteiger partial charge in [-0.25, -0.2) is 4.39 Å². The van der Waals surface area contributed by atoms with Crippen molar-refractivity contribution in [1.82, 2.24) is 14.8 Å². The molecule has 0 saturated carbocycles. The van der Waals surface area contributed by atoms with Crippen LogP contribution < -0.4 is 10.6 Å². The Morgan fingerprint density at radius 3 is 2.59 bits per heavy atom. The van der Waals surface area contributed by atoms with Gasteiger partial charge in [-0.3, -0.25) is 19.5 Å². The summed E-state index contributed by atoms with van der Waals surface area (Å²) in [6.45, 7) is 8.31. The summed E-state index contributed by atoms with van der Waals surface area (Å²) in [7, 11) is 0. The standard InChI is InChI=1S/C24H26FN5O2/c1-2-29-9-11-30(12-10-29)15-20-5-3-17-13-18(4-8-22(17)27-20)24(32)28-23-14-19(26-16-31)6-7-21(23)25/h3-8,13-14,16H,2,9-12,15H2,1H3,(H,26,31)(H,28,32). The van der Waals surface area contributed by atoms with E-state index in [0.29, 0.717) is 17.7 Å². The Balaban J connectivity index is 1.46. The highest BCUT2D eigenvalue weighted by molar-refractivity contribution is 6.06. The molecule has 8 heteroatoms. The van der Waals surface area contributed by atoms with Crippen LogP contribution in [0, 0.1) is 5.82 Å². The molecule has 3 aromatic rings. The van der Waals surface area contributed by atoms with Crippen molar-refractivity contribution < 1.29 is 14.0 Å². The lowest BCUT2D eigenvalue weighted by atomic mass is 10.1. The van der Waals surface area contributed by atoms with E-state index in [0.717, 1.165) is 55.9 Å². The first kappa shape index (κ1) is 21.9. The predicted octanol–water partition coefficient (Wildman–Crippen LogP) is 3.33. The molecule has 2 amide bonds. The summed E-state index contributed by atoms with van der Waals surface area (Å²) in [4.78, 5) is 32.9. The highest BCUT2D eigenvalue weighted by atomic mass is 19.1. The third-order valence-electron chi connectivity index (χ3n) is 5.75. The van der Waals surface area contributed by atoms with Crippen molar-refractivity contribution in [3.63, 3.8) is 0 Å². The molecule has 166 valence electrons. The summed E-state index contributed by atoms with van der Waals surface area (Å²) in [6, 6.07) is 13.2. The normalized spacial score (nSPS) is 14.9. The van der Waals surface area contributed by atoms with Crippen LogP contribution in [-0.2, 0) is 11.3 Å². The lowest BCUT2D eigenvalue weighted by Gasteiger charge is -2.33. The number of benzene rings is 2. The molecule has 0 spiro atoms. The molecule has 0 aliphatic carbocycles. The van der Waals surface area contributed by atoms with E-state index in [1.165, 1.54) is 18.2 Å². The molecule has 1 fully saturated rings. The summed E-state index contributed by atoms with van der Waals surface area (Å²) < 4.78 is 14.1. The maximum atomic E-state index is 14.1. The Kier molecular flexibility index (Phi) is 6.72. The number of fused-ring (bicyclic) bond motifs is 1. The van der Waals surface area contributed by atoms with Crippen LogP contribution in [0.15, 0.2) is 48.5 Å². The molecule has 7 nitrogen and oxygen atoms in total. The first-order chi connectivity index (χ1) is 15.6. The van der Waals surface area contributed by atoms with E-state index in [4.69, 9.17) is 4.98 Å². The number of piperazine rings is 1. The SMILES string of the molecule is CCN1CCN(Cc2ccc3cc(C(=O)Nc4cc(NC=O)ccc4F)ccc3n2)CC1. The number of hydrogen-bond acceptors (Lipinski definition) is 5. The minimum absolute atomic E-state index is 0.00131. The van der Waals surface area contributed by atoms with E-state index < -0.39 is 11.7 Å². The first-order valence-corrected chi connectivity index (χ1v) is 10.7. The van der Waals surface area contributed by atoms with Crippen molar-refractivity contribution in [3.05, 3.63) is 65.6 Å². The fourth-order valence-corrected chi connectivity index (χ4v) is 3.86. The summed E-state index contributed by atoms with van der Waals surface area (Å²) in [5, 5.41) is 5.84. The molecule has 2 aromatic carbocycles. The van der Waals surface area contributed by atoms with Gasteiger partial charge in [0, 0.05) is 49.4 Å². The van der Waals surface area contributed by atoms with Gasteiger partial charge in [0.1, 0.15) is 5.82 Å². The number of halogens is 1. The second-order valence-corrected chi connectivity index (χ2v) is 7.83. The van der Waals surface area contributed by atoms with Gasteiger partial charge in [-0.05, 0) is 49.0 Å². The maximum absolute atomic E-state index is 14.1. The number of nitrogens with zero attached hydrogens (tertiary/aromatic N) is 3. The number of rotatable bonds is 7. The minimum Gasteiger partial charge on any atom is -0.329 e. The Morgan fingerprint density at radius 2 is 1.84 bits per heavy atom. The predicted molar refractivity (Wildman–Crippen MR) is 123 cm³/mol. The van der Waals surface area contributed by atoms with Crippen molar-refractivity contribution >= 4 is 34.6 Å². The zero-order valence-electron chi connectivity index (χ0n) is 18.0. The highest BCUT2D eigenvalue weighted by Gasteiger charge is 2.16. The molecule has 2 heterocycles. The van der Waals surface area contributed by atoms with Gasteiger partial charge in [-0.2, -0.15) is 0 Å². The fourth-order valence-electron chi connectivity index (χ4n) is 3.86. The van der Waals surface area contributed by atoms with Gasteiger partial charge >= 0.3 is 0 Å². The van der Waals surface area contributed by atoms with E-state index in [2.05, 4.69) is 27.4 Å². The number of carbonyl (C=O) groups is 2. The smallest absolute Gasteiger partial charge is 0.255 e. The maximum Gasteiger partial charge on any atom is 0.255 e. The lowest BCUT2D eigenvalue weighted by Crippen LogP contribution is -2.45. The molecule has 1 aliphatic heterocycles. The second-order valence-electron chi connectivity index (χ2n) is 7.83. The molecule has 1 aliphatic rings. The van der Waals surface area contributed by atoms with Crippen LogP contribution in [0.25, 0.3) is 10.9 Å². The monoisotopic (exact) mass is 435 g/mol. The van der Waals surface area contributed by atoms with Gasteiger partial charge in [0.05, 0.1) is 16.9 Å². The van der Waals surface area contributed by atoms with Crippen molar-refractivity contribution in [2.24, 2.45) is 0 Å². The minimum atomic E-state index is -0.582. The van der Waals surface area contributed by atoms with Gasteiger partial charge in [-0.1, -0.05) is 13.0 Å². The van der Waals surface area contributed by atoms with Gasteiger partial charge in [-0.15, -0.1) is 0 Å². The Bertz CT molecular complexity index is 1130. The molecule has 2 N–H and O–H groups in total. The van der Waals surface area contributed by atoms with E-state index >= 15 is 0 Å². The molecule has 32 heavy (non-hydrogen) atoms. The molecular formula is C24H26FN5O2. The third kappa shape index (κ3) is 5.09. The van der Waals surface area contributed by atoms with E-state index in [1.54, 1.807) is 12.1 Å². The molecule has 0 atom stereocenters. The van der Waals surface area contributed by atoms with Gasteiger partial charge in [0.25, 0.3) is 5.91 Å². The van der Waals surface area contributed by atoms with Crippen LogP contribution in [0.4, 0.5) is 15.8 Å². The largest absolute Gasteiger partial charge is 0.329 e. The van der Waals surface area contributed by atoms with Gasteiger partial charge < -0.3 is 15.5 Å². The van der Waals surface area contributed by atoms with Crippen molar-refractivity contribution in [2.75, 3.05) is 43.4 Å². The topological polar surface area (TPSA) is 77.6 Å². The van der Waals surface area contributed by atoms with Crippen LogP contribution in [0.1, 0.15) is 23.0 Å². The van der Waals surface area contributed by atoms with Crippen LogP contribution in [0.3, 0.4) is 0 Å². The molecule has 0 radical (unpaired) electrons. The Labute approximate surface area is 186 Å². The van der Waals surface area contributed by atoms with Gasteiger partial charge in [0.15, 0.2) is 0 Å². The molecule has 1 aromatic heterocycles. The lowest BCUT2D eigenvalue weighted by molar-refractivity contribution is -0.105. The summed E-state index contributed by atoms with van der Waals surface area (Å²) in [6.07, 6.45) is 0.495. The van der Waals surface area contributed by atoms with Crippen LogP contribution in [0.5, 0.6) is 0 Å². The average molecular weight is 436 g/mol. The zero-order valence-corrected chi connectivity index (χ0v) is 18.0. The van der Waals surface area contributed by atoms with Crippen LogP contribution >= 0.6 is 0 Å². The summed E-state index contributed by atoms with van der Waals surface area (Å²) in [5.74, 6) is -1.02. The number of nitrogens with one attached hydrogen (secondary N) is 2. The number of anilines is 2. The van der Waals surface area contributed by atoms with E-state index in [1.807, 2.05) is 18.2 Å². The van der Waals surface area contributed by atoms with Crippen LogP contribution in [0.2, 0.25) is 0 Å². The van der Waals surface area contributed by atoms with Crippen molar-refractivity contribution in [3.8, 4) is 0 Å². The Hall–Kier alpha value is -3.36. The fraction of sp³-hybridized carbons (Fsp3) is 0.292. The Morgan fingerprint density at radius 1 is 1.06 bits per heavy atom. The zero-order chi connectivity index (χ0) is 22.5. The van der Waals surface area contributed by atoms with Crippen molar-refractivity contribution in [1.29, 1.82) is 0 Å². The average Bonchev–Trinajstić information content (AvgIpc) is 2.81. The number of amides is 2. The van der Waals surface area contributed by atoms with Crippen molar-refractivity contribution in [2.45, 2.75) is 13.5 Å². The quantitative estimate of drug-likeness (QED) is 0.557. The molecule has 1 saturated heterocycles. The number of aromatic nitrogens is 1. The third-order valence-corrected chi connectivity index (χ3v) is 5.75. The number of hydrogen-bond donors (Lipinski definition) is 2. The van der Waals surface area contributed by atoms with E-state index in [9.17, 15) is 14.0 Å². The van der Waals surface area contributed by atoms with E-state index in [-0.39, 0.29) is 5.69 Å². The first-order valence-electron chi connectivity index (χ1n) is 10.7. The van der Waals surface area contributed by atoms with Gasteiger partial charge in [0.2, 0.25) is 6.41 Å². The summed E-state index contributed by atoms with van der Waals surface area (Å²) >= 11 is 0. The summed E-state index contributed by atoms with van der Waals surface area (Å²) in [5.41, 5.74) is 2.60. The highest BCUT2D eigenvalue weighted by Crippen LogP contribution is 2.22. The molecule has 0 bridgehead atoms. The molecular weight excluding hydrogens is 409 g/mol. The number of pyridine rings is 1. The van der Waals surface area contributed by atoms with Crippen LogP contribution in [-0.4, -0.2) is 59.8 Å².